The molecule has 3 aromatic heterocycles. The van der Waals surface area contributed by atoms with Gasteiger partial charge in [0.05, 0.1) is 12.2 Å². The molecular weight excluding hydrogens is 412 g/mol. The molecule has 0 aliphatic carbocycles. The van der Waals surface area contributed by atoms with Crippen molar-refractivity contribution in [3.8, 4) is 0 Å². The summed E-state index contributed by atoms with van der Waals surface area (Å²) in [5, 5.41) is 20.9. The molecule has 1 saturated heterocycles. The van der Waals surface area contributed by atoms with Gasteiger partial charge in [-0.1, -0.05) is 6.42 Å². The van der Waals surface area contributed by atoms with Crippen LogP contribution in [0.5, 0.6) is 0 Å². The SMILES string of the molecule is Cc1nnc2ccc(NCC3CCCCN3CCn3nc4c(cc3=O)CSCC4)nn12. The van der Waals surface area contributed by atoms with Gasteiger partial charge in [-0.3, -0.25) is 9.69 Å². The lowest BCUT2D eigenvalue weighted by atomic mass is 10.0. The summed E-state index contributed by atoms with van der Waals surface area (Å²) in [4.78, 5) is 15.0. The van der Waals surface area contributed by atoms with Crippen molar-refractivity contribution in [3.63, 3.8) is 0 Å². The molecule has 1 fully saturated rings. The average molecular weight is 441 g/mol. The van der Waals surface area contributed by atoms with Gasteiger partial charge in [0.25, 0.3) is 5.56 Å². The number of nitrogens with zero attached hydrogens (tertiary/aromatic N) is 7. The third-order valence-corrected chi connectivity index (χ3v) is 7.20. The first kappa shape index (κ1) is 20.4. The fourth-order valence-corrected chi connectivity index (χ4v) is 5.39. The molecule has 9 nitrogen and oxygen atoms in total. The number of aromatic nitrogens is 6. The quantitative estimate of drug-likeness (QED) is 0.620. The lowest BCUT2D eigenvalue weighted by molar-refractivity contribution is 0.147. The van der Waals surface area contributed by atoms with Crippen LogP contribution in [0.2, 0.25) is 0 Å². The fraction of sp³-hybridized carbons (Fsp3) is 0.571. The molecule has 10 heteroatoms. The Morgan fingerprint density at radius 3 is 3.06 bits per heavy atom. The normalized spacial score (nSPS) is 19.5. The van der Waals surface area contributed by atoms with Crippen LogP contribution in [-0.2, 0) is 18.7 Å². The van der Waals surface area contributed by atoms with Gasteiger partial charge in [0.2, 0.25) is 0 Å². The highest BCUT2D eigenvalue weighted by Crippen LogP contribution is 2.21. The summed E-state index contributed by atoms with van der Waals surface area (Å²) in [5.41, 5.74) is 2.99. The van der Waals surface area contributed by atoms with E-state index in [1.807, 2.05) is 30.8 Å². The molecular formula is C21H28N8OS. The molecule has 1 unspecified atom stereocenters. The van der Waals surface area contributed by atoms with E-state index in [-0.39, 0.29) is 5.56 Å². The third-order valence-electron chi connectivity index (χ3n) is 6.19. The van der Waals surface area contributed by atoms with E-state index in [4.69, 9.17) is 0 Å². The largest absolute Gasteiger partial charge is 0.367 e. The minimum atomic E-state index is 0.0229. The minimum absolute atomic E-state index is 0.0229. The van der Waals surface area contributed by atoms with Crippen LogP contribution in [0.1, 0.15) is 36.3 Å². The molecule has 2 aliphatic rings. The van der Waals surface area contributed by atoms with Gasteiger partial charge < -0.3 is 5.32 Å². The molecule has 31 heavy (non-hydrogen) atoms. The third kappa shape index (κ3) is 4.45. The van der Waals surface area contributed by atoms with E-state index in [0.29, 0.717) is 12.6 Å². The van der Waals surface area contributed by atoms with Gasteiger partial charge in [0.15, 0.2) is 11.5 Å². The van der Waals surface area contributed by atoms with Crippen molar-refractivity contribution < 1.29 is 0 Å². The summed E-state index contributed by atoms with van der Waals surface area (Å²) < 4.78 is 3.42. The maximum Gasteiger partial charge on any atom is 0.267 e. The molecule has 0 bridgehead atoms. The Kier molecular flexibility index (Phi) is 5.91. The lowest BCUT2D eigenvalue weighted by Gasteiger charge is -2.36. The molecule has 0 saturated carbocycles. The fourth-order valence-electron chi connectivity index (χ4n) is 4.43. The number of piperidine rings is 1. The van der Waals surface area contributed by atoms with Crippen LogP contribution in [0.4, 0.5) is 5.82 Å². The van der Waals surface area contributed by atoms with Gasteiger partial charge in [-0.15, -0.1) is 15.3 Å². The van der Waals surface area contributed by atoms with E-state index >= 15 is 0 Å². The topological polar surface area (TPSA) is 93.2 Å². The minimum Gasteiger partial charge on any atom is -0.367 e. The van der Waals surface area contributed by atoms with Crippen LogP contribution in [-0.4, -0.2) is 65.9 Å². The Morgan fingerprint density at radius 2 is 2.13 bits per heavy atom. The predicted molar refractivity (Wildman–Crippen MR) is 122 cm³/mol. The number of nitrogens with one attached hydrogen (secondary N) is 1. The summed E-state index contributed by atoms with van der Waals surface area (Å²) in [5.74, 6) is 3.60. The zero-order chi connectivity index (χ0) is 21.2. The number of rotatable bonds is 6. The zero-order valence-corrected chi connectivity index (χ0v) is 18.6. The first-order chi connectivity index (χ1) is 15.2. The molecule has 2 aliphatic heterocycles. The van der Waals surface area contributed by atoms with Crippen molar-refractivity contribution in [1.82, 2.24) is 34.5 Å². The van der Waals surface area contributed by atoms with Crippen LogP contribution in [0.25, 0.3) is 5.65 Å². The highest BCUT2D eigenvalue weighted by Gasteiger charge is 2.23. The molecule has 0 spiro atoms. The molecule has 5 rings (SSSR count). The van der Waals surface area contributed by atoms with Gasteiger partial charge in [0, 0.05) is 37.4 Å². The Bertz CT molecular complexity index is 1130. The second-order valence-corrected chi connectivity index (χ2v) is 9.39. The molecule has 5 heterocycles. The molecule has 3 aromatic rings. The van der Waals surface area contributed by atoms with Crippen molar-refractivity contribution >= 4 is 23.2 Å². The van der Waals surface area contributed by atoms with Crippen molar-refractivity contribution in [1.29, 1.82) is 0 Å². The number of likely N-dealkylation sites (tertiary alicyclic amines) is 1. The van der Waals surface area contributed by atoms with Gasteiger partial charge in [0.1, 0.15) is 5.82 Å². The highest BCUT2D eigenvalue weighted by molar-refractivity contribution is 7.98. The van der Waals surface area contributed by atoms with Crippen LogP contribution in [0.15, 0.2) is 23.0 Å². The van der Waals surface area contributed by atoms with Crippen molar-refractivity contribution in [3.05, 3.63) is 45.6 Å². The van der Waals surface area contributed by atoms with Crippen LogP contribution >= 0.6 is 11.8 Å². The number of anilines is 1. The molecule has 0 amide bonds. The van der Waals surface area contributed by atoms with E-state index in [1.54, 1.807) is 15.3 Å². The lowest BCUT2D eigenvalue weighted by Crippen LogP contribution is -2.45. The van der Waals surface area contributed by atoms with Crippen molar-refractivity contribution in [2.24, 2.45) is 0 Å². The molecule has 1 N–H and O–H groups in total. The monoisotopic (exact) mass is 440 g/mol. The van der Waals surface area contributed by atoms with Crippen LogP contribution < -0.4 is 10.9 Å². The first-order valence-corrected chi connectivity index (χ1v) is 12.2. The number of fused-ring (bicyclic) bond motifs is 2. The van der Waals surface area contributed by atoms with E-state index in [0.717, 1.165) is 72.5 Å². The van der Waals surface area contributed by atoms with Crippen molar-refractivity contribution in [2.45, 2.75) is 50.9 Å². The molecule has 1 atom stereocenters. The van der Waals surface area contributed by atoms with Crippen LogP contribution in [0.3, 0.4) is 0 Å². The first-order valence-electron chi connectivity index (χ1n) is 11.0. The Morgan fingerprint density at radius 1 is 1.19 bits per heavy atom. The maximum atomic E-state index is 12.5. The van der Waals surface area contributed by atoms with Gasteiger partial charge >= 0.3 is 0 Å². The number of aryl methyl sites for hydroxylation is 2. The Labute approximate surface area is 185 Å². The summed E-state index contributed by atoms with van der Waals surface area (Å²) in [6.45, 7) is 5.25. The van der Waals surface area contributed by atoms with E-state index in [2.05, 4.69) is 30.6 Å². The Hall–Kier alpha value is -2.46. The predicted octanol–water partition coefficient (Wildman–Crippen LogP) is 1.75. The summed E-state index contributed by atoms with van der Waals surface area (Å²) in [6.07, 6.45) is 4.53. The van der Waals surface area contributed by atoms with Crippen LogP contribution in [0, 0.1) is 6.92 Å². The van der Waals surface area contributed by atoms with E-state index in [1.165, 1.54) is 12.8 Å². The van der Waals surface area contributed by atoms with Gasteiger partial charge in [-0.25, -0.2) is 4.68 Å². The smallest absolute Gasteiger partial charge is 0.267 e. The number of thioether (sulfide) groups is 1. The summed E-state index contributed by atoms with van der Waals surface area (Å²) >= 11 is 1.88. The van der Waals surface area contributed by atoms with E-state index in [9.17, 15) is 4.79 Å². The average Bonchev–Trinajstić information content (AvgIpc) is 3.17. The highest BCUT2D eigenvalue weighted by atomic mass is 32.2. The Balaban J connectivity index is 1.23. The summed E-state index contributed by atoms with van der Waals surface area (Å²) in [7, 11) is 0. The molecule has 0 radical (unpaired) electrons. The van der Waals surface area contributed by atoms with Gasteiger partial charge in [-0.2, -0.15) is 21.4 Å². The second-order valence-electron chi connectivity index (χ2n) is 8.28. The standard InChI is InChI=1S/C21H28N8OS/c1-15-23-24-20-6-5-19(26-29(15)20)22-13-17-4-2-3-8-27(17)9-10-28-21(30)12-16-14-31-11-7-18(16)25-28/h5-6,12,17H,2-4,7-11,13-14H2,1H3,(H,22,26). The molecule has 0 aromatic carbocycles. The number of hydrogen-bond acceptors (Lipinski definition) is 8. The van der Waals surface area contributed by atoms with Gasteiger partial charge in [-0.05, 0) is 49.8 Å². The molecule has 164 valence electrons. The number of hydrogen-bond donors (Lipinski definition) is 1. The second kappa shape index (κ2) is 8.96. The van der Waals surface area contributed by atoms with E-state index < -0.39 is 0 Å². The maximum absolute atomic E-state index is 12.5. The summed E-state index contributed by atoms with van der Waals surface area (Å²) in [6, 6.07) is 6.09. The van der Waals surface area contributed by atoms with Crippen molar-refractivity contribution in [2.75, 3.05) is 30.7 Å². The zero-order valence-electron chi connectivity index (χ0n) is 17.8.